The molecule has 0 bridgehead atoms. The molecule has 6 heteroatoms. The van der Waals surface area contributed by atoms with Crippen LogP contribution in [0.25, 0.3) is 5.69 Å². The zero-order valence-electron chi connectivity index (χ0n) is 15.2. The van der Waals surface area contributed by atoms with E-state index in [1.165, 1.54) is 0 Å². The van der Waals surface area contributed by atoms with E-state index in [1.54, 1.807) is 4.68 Å². The molecule has 1 fully saturated rings. The quantitative estimate of drug-likeness (QED) is 0.931. The van der Waals surface area contributed by atoms with E-state index in [0.717, 1.165) is 16.9 Å². The molecule has 1 saturated heterocycles. The molecule has 1 aliphatic heterocycles. The van der Waals surface area contributed by atoms with Gasteiger partial charge in [-0.3, -0.25) is 4.79 Å². The first kappa shape index (κ1) is 17.6. The smallest absolute Gasteiger partial charge is 0.257 e. The van der Waals surface area contributed by atoms with Gasteiger partial charge in [-0.25, -0.2) is 4.68 Å². The van der Waals surface area contributed by atoms with Gasteiger partial charge in [0.25, 0.3) is 5.91 Å². The summed E-state index contributed by atoms with van der Waals surface area (Å²) >= 11 is 0. The number of hydrogen-bond acceptors (Lipinski definition) is 4. The van der Waals surface area contributed by atoms with Crippen molar-refractivity contribution in [2.24, 2.45) is 0 Å². The molecule has 1 amide bonds. The molecule has 0 aliphatic carbocycles. The second-order valence-electron chi connectivity index (χ2n) is 7.24. The zero-order valence-corrected chi connectivity index (χ0v) is 15.2. The molecule has 2 heterocycles. The molecular formula is C19H25N3O3. The van der Waals surface area contributed by atoms with E-state index in [-0.39, 0.29) is 17.9 Å². The Bertz CT molecular complexity index is 741. The standard InChI is InChI=1S/C19H25N3O3/c1-13-16(19(2,3)4)21-22(14-8-6-5-7-9-14)17(13)20-18(23)15-12-24-10-11-25-15/h5-9,15H,10-12H2,1-4H3,(H,20,23)/t15-/m0/s1. The number of nitrogens with zero attached hydrogens (tertiary/aromatic N) is 2. The van der Waals surface area contributed by atoms with Crippen LogP contribution < -0.4 is 5.32 Å². The first-order valence-electron chi connectivity index (χ1n) is 8.53. The molecule has 0 saturated carbocycles. The van der Waals surface area contributed by atoms with Crippen LogP contribution in [-0.4, -0.2) is 41.6 Å². The molecule has 3 rings (SSSR count). The molecule has 6 nitrogen and oxygen atoms in total. The van der Waals surface area contributed by atoms with Crippen molar-refractivity contribution in [2.45, 2.75) is 39.2 Å². The van der Waals surface area contributed by atoms with Crippen molar-refractivity contribution in [2.75, 3.05) is 25.1 Å². The third-order valence-corrected chi connectivity index (χ3v) is 4.18. The number of aromatic nitrogens is 2. The molecule has 1 N–H and O–H groups in total. The summed E-state index contributed by atoms with van der Waals surface area (Å²) in [6.07, 6.45) is -0.592. The molecule has 134 valence electrons. The number of carbonyl (C=O) groups excluding carboxylic acids is 1. The number of rotatable bonds is 3. The fourth-order valence-corrected chi connectivity index (χ4v) is 2.95. The minimum atomic E-state index is -0.592. The second-order valence-corrected chi connectivity index (χ2v) is 7.24. The molecular weight excluding hydrogens is 318 g/mol. The summed E-state index contributed by atoms with van der Waals surface area (Å²) in [6, 6.07) is 9.79. The fraction of sp³-hybridized carbons (Fsp3) is 0.474. The van der Waals surface area contributed by atoms with Crippen LogP contribution in [0.4, 0.5) is 5.82 Å². The number of carbonyl (C=O) groups is 1. The van der Waals surface area contributed by atoms with E-state index in [2.05, 4.69) is 26.1 Å². The van der Waals surface area contributed by atoms with Gasteiger partial charge in [-0.05, 0) is 19.1 Å². The number of amides is 1. The van der Waals surface area contributed by atoms with Crippen LogP contribution in [0.1, 0.15) is 32.0 Å². The fourth-order valence-electron chi connectivity index (χ4n) is 2.95. The average Bonchev–Trinajstić information content (AvgIpc) is 2.93. The predicted molar refractivity (Wildman–Crippen MR) is 96.2 cm³/mol. The normalized spacial score (nSPS) is 18.2. The Balaban J connectivity index is 1.98. The van der Waals surface area contributed by atoms with Crippen LogP contribution in [-0.2, 0) is 19.7 Å². The third kappa shape index (κ3) is 3.75. The minimum Gasteiger partial charge on any atom is -0.376 e. The van der Waals surface area contributed by atoms with Gasteiger partial charge in [-0.2, -0.15) is 5.10 Å². The average molecular weight is 343 g/mol. The van der Waals surface area contributed by atoms with E-state index in [4.69, 9.17) is 14.6 Å². The van der Waals surface area contributed by atoms with Gasteiger partial charge in [0.15, 0.2) is 6.10 Å². The lowest BCUT2D eigenvalue weighted by atomic mass is 9.90. The van der Waals surface area contributed by atoms with Crippen LogP contribution in [0, 0.1) is 6.92 Å². The number of ether oxygens (including phenoxy) is 2. The first-order chi connectivity index (χ1) is 11.9. The topological polar surface area (TPSA) is 65.4 Å². The highest BCUT2D eigenvalue weighted by Crippen LogP contribution is 2.31. The number of anilines is 1. The predicted octanol–water partition coefficient (Wildman–Crippen LogP) is 2.83. The highest BCUT2D eigenvalue weighted by molar-refractivity contribution is 5.94. The van der Waals surface area contributed by atoms with Gasteiger partial charge in [0.05, 0.1) is 31.2 Å². The highest BCUT2D eigenvalue weighted by Gasteiger charge is 2.28. The Hall–Kier alpha value is -2.18. The summed E-state index contributed by atoms with van der Waals surface area (Å²) in [6.45, 7) is 9.56. The lowest BCUT2D eigenvalue weighted by Crippen LogP contribution is -2.39. The van der Waals surface area contributed by atoms with Crippen LogP contribution >= 0.6 is 0 Å². The monoisotopic (exact) mass is 343 g/mol. The third-order valence-electron chi connectivity index (χ3n) is 4.18. The molecule has 1 aromatic heterocycles. The summed E-state index contributed by atoms with van der Waals surface area (Å²) in [7, 11) is 0. The molecule has 0 spiro atoms. The molecule has 1 atom stereocenters. The molecule has 0 radical (unpaired) electrons. The number of para-hydroxylation sites is 1. The van der Waals surface area contributed by atoms with E-state index in [1.807, 2.05) is 37.3 Å². The van der Waals surface area contributed by atoms with Crippen molar-refractivity contribution < 1.29 is 14.3 Å². The van der Waals surface area contributed by atoms with E-state index in [9.17, 15) is 4.79 Å². The maximum absolute atomic E-state index is 12.6. The molecule has 25 heavy (non-hydrogen) atoms. The summed E-state index contributed by atoms with van der Waals surface area (Å²) in [5.41, 5.74) is 2.68. The highest BCUT2D eigenvalue weighted by atomic mass is 16.6. The van der Waals surface area contributed by atoms with Crippen LogP contribution in [0.2, 0.25) is 0 Å². The van der Waals surface area contributed by atoms with Gasteiger partial charge in [0.2, 0.25) is 0 Å². The van der Waals surface area contributed by atoms with Gasteiger partial charge in [0, 0.05) is 11.0 Å². The Morgan fingerprint density at radius 2 is 1.96 bits per heavy atom. The maximum Gasteiger partial charge on any atom is 0.257 e. The lowest BCUT2D eigenvalue weighted by Gasteiger charge is -2.22. The first-order valence-corrected chi connectivity index (χ1v) is 8.53. The van der Waals surface area contributed by atoms with E-state index in [0.29, 0.717) is 19.0 Å². The summed E-state index contributed by atoms with van der Waals surface area (Å²) in [5, 5.41) is 7.78. The van der Waals surface area contributed by atoms with Crippen LogP contribution in [0.3, 0.4) is 0 Å². The van der Waals surface area contributed by atoms with E-state index >= 15 is 0 Å². The Morgan fingerprint density at radius 3 is 2.56 bits per heavy atom. The van der Waals surface area contributed by atoms with Crippen LogP contribution in [0.15, 0.2) is 30.3 Å². The van der Waals surface area contributed by atoms with Gasteiger partial charge in [-0.1, -0.05) is 39.0 Å². The van der Waals surface area contributed by atoms with Crippen molar-refractivity contribution >= 4 is 11.7 Å². The Kier molecular flexibility index (Phi) is 4.92. The Labute approximate surface area is 148 Å². The molecule has 1 aliphatic rings. The minimum absolute atomic E-state index is 0.131. The zero-order chi connectivity index (χ0) is 18.0. The van der Waals surface area contributed by atoms with Gasteiger partial charge < -0.3 is 14.8 Å². The van der Waals surface area contributed by atoms with Crippen molar-refractivity contribution in [1.29, 1.82) is 0 Å². The maximum atomic E-state index is 12.6. The summed E-state index contributed by atoms with van der Waals surface area (Å²) in [5.74, 6) is 0.468. The SMILES string of the molecule is Cc1c(C(C)(C)C)nn(-c2ccccc2)c1NC(=O)[C@@H]1COCCO1. The molecule has 1 aromatic carbocycles. The van der Waals surface area contributed by atoms with Crippen molar-refractivity contribution in [3.63, 3.8) is 0 Å². The van der Waals surface area contributed by atoms with Gasteiger partial charge in [0.1, 0.15) is 5.82 Å². The van der Waals surface area contributed by atoms with Crippen molar-refractivity contribution in [1.82, 2.24) is 9.78 Å². The van der Waals surface area contributed by atoms with Crippen molar-refractivity contribution in [3.8, 4) is 5.69 Å². The number of nitrogens with one attached hydrogen (secondary N) is 1. The van der Waals surface area contributed by atoms with Gasteiger partial charge >= 0.3 is 0 Å². The second kappa shape index (κ2) is 6.98. The van der Waals surface area contributed by atoms with Crippen LogP contribution in [0.5, 0.6) is 0 Å². The van der Waals surface area contributed by atoms with Gasteiger partial charge in [-0.15, -0.1) is 0 Å². The molecule has 0 unspecified atom stereocenters. The Morgan fingerprint density at radius 1 is 1.24 bits per heavy atom. The van der Waals surface area contributed by atoms with Crippen molar-refractivity contribution in [3.05, 3.63) is 41.6 Å². The summed E-state index contributed by atoms with van der Waals surface area (Å²) in [4.78, 5) is 12.6. The number of hydrogen-bond donors (Lipinski definition) is 1. The molecule has 2 aromatic rings. The lowest BCUT2D eigenvalue weighted by molar-refractivity contribution is -0.142. The largest absolute Gasteiger partial charge is 0.376 e. The van der Waals surface area contributed by atoms with E-state index < -0.39 is 6.10 Å². The summed E-state index contributed by atoms with van der Waals surface area (Å²) < 4.78 is 12.6. The number of benzene rings is 1.